The van der Waals surface area contributed by atoms with Crippen molar-refractivity contribution in [1.29, 1.82) is 0 Å². The third kappa shape index (κ3) is 4.55. The van der Waals surface area contributed by atoms with Gasteiger partial charge in [0.25, 0.3) is 5.91 Å². The fourth-order valence-corrected chi connectivity index (χ4v) is 5.49. The number of para-hydroxylation sites is 1. The normalized spacial score (nSPS) is 15.7. The summed E-state index contributed by atoms with van der Waals surface area (Å²) in [4.78, 5) is 18.6. The molecule has 1 saturated heterocycles. The van der Waals surface area contributed by atoms with Gasteiger partial charge in [-0.1, -0.05) is 29.8 Å². The second-order valence-electron chi connectivity index (χ2n) is 7.66. The zero-order chi connectivity index (χ0) is 24.0. The van der Waals surface area contributed by atoms with Gasteiger partial charge in [-0.05, 0) is 37.3 Å². The summed E-state index contributed by atoms with van der Waals surface area (Å²) in [5, 5.41) is 0.126. The SMILES string of the molecule is Cc1cc(C(=O)N2CCN(S(=O)(=O)c3ccc(Cl)c(C(F)(F)F)c3)CC2)c2ccccc2n1. The number of carbonyl (C=O) groups excluding carboxylic acids is 1. The highest BCUT2D eigenvalue weighted by molar-refractivity contribution is 7.89. The first-order chi connectivity index (χ1) is 15.5. The topological polar surface area (TPSA) is 70.6 Å². The van der Waals surface area contributed by atoms with Crippen LogP contribution in [-0.2, 0) is 16.2 Å². The van der Waals surface area contributed by atoms with Crippen LogP contribution in [-0.4, -0.2) is 54.7 Å². The number of halogens is 4. The fraction of sp³-hybridized carbons (Fsp3) is 0.273. The predicted molar refractivity (Wildman–Crippen MR) is 118 cm³/mol. The average Bonchev–Trinajstić information content (AvgIpc) is 2.77. The number of sulfonamides is 1. The van der Waals surface area contributed by atoms with Crippen LogP contribution in [0.1, 0.15) is 21.6 Å². The Kier molecular flexibility index (Phi) is 6.10. The number of amides is 1. The van der Waals surface area contributed by atoms with Gasteiger partial charge in [-0.25, -0.2) is 8.42 Å². The Labute approximate surface area is 193 Å². The molecule has 2 aromatic carbocycles. The number of hydrogen-bond donors (Lipinski definition) is 0. The van der Waals surface area contributed by atoms with E-state index in [4.69, 9.17) is 11.6 Å². The van der Waals surface area contributed by atoms with Crippen LogP contribution in [0, 0.1) is 6.92 Å². The molecule has 3 aromatic rings. The maximum atomic E-state index is 13.2. The van der Waals surface area contributed by atoms with E-state index >= 15 is 0 Å². The van der Waals surface area contributed by atoms with Gasteiger partial charge in [-0.2, -0.15) is 17.5 Å². The maximum Gasteiger partial charge on any atom is 0.417 e. The van der Waals surface area contributed by atoms with E-state index in [9.17, 15) is 26.4 Å². The lowest BCUT2D eigenvalue weighted by Gasteiger charge is -2.34. The van der Waals surface area contributed by atoms with Gasteiger partial charge in [0, 0.05) is 37.3 Å². The maximum absolute atomic E-state index is 13.2. The molecule has 1 aliphatic heterocycles. The van der Waals surface area contributed by atoms with Gasteiger partial charge in [0.05, 0.1) is 26.6 Å². The Hall–Kier alpha value is -2.69. The molecule has 2 heterocycles. The Balaban J connectivity index is 1.54. The summed E-state index contributed by atoms with van der Waals surface area (Å²) in [6.07, 6.45) is -4.78. The van der Waals surface area contributed by atoms with Crippen LogP contribution in [0.3, 0.4) is 0 Å². The molecule has 1 amide bonds. The summed E-state index contributed by atoms with van der Waals surface area (Å²) in [5.41, 5.74) is 0.632. The minimum Gasteiger partial charge on any atom is -0.336 e. The predicted octanol–water partition coefficient (Wildman–Crippen LogP) is 4.36. The highest BCUT2D eigenvalue weighted by atomic mass is 35.5. The first-order valence-electron chi connectivity index (χ1n) is 10.0. The van der Waals surface area contributed by atoms with Crippen LogP contribution in [0.5, 0.6) is 0 Å². The molecule has 0 aliphatic carbocycles. The van der Waals surface area contributed by atoms with Crippen LogP contribution in [0.2, 0.25) is 5.02 Å². The summed E-state index contributed by atoms with van der Waals surface area (Å²) >= 11 is 5.60. The largest absolute Gasteiger partial charge is 0.417 e. The smallest absolute Gasteiger partial charge is 0.336 e. The van der Waals surface area contributed by atoms with Gasteiger partial charge in [0.2, 0.25) is 10.0 Å². The van der Waals surface area contributed by atoms with Crippen molar-refractivity contribution >= 4 is 38.4 Å². The van der Waals surface area contributed by atoms with Gasteiger partial charge in [-0.3, -0.25) is 9.78 Å². The van der Waals surface area contributed by atoms with Crippen LogP contribution < -0.4 is 0 Å². The zero-order valence-electron chi connectivity index (χ0n) is 17.4. The quantitative estimate of drug-likeness (QED) is 0.539. The Morgan fingerprint density at radius 3 is 2.36 bits per heavy atom. The summed E-state index contributed by atoms with van der Waals surface area (Å²) in [6.45, 7) is 1.91. The minimum atomic E-state index is -4.78. The number of aromatic nitrogens is 1. The number of piperazine rings is 1. The number of pyridine rings is 1. The molecular formula is C22H19ClF3N3O3S. The van der Waals surface area contributed by atoms with E-state index in [1.807, 2.05) is 18.2 Å². The molecule has 33 heavy (non-hydrogen) atoms. The van der Waals surface area contributed by atoms with Crippen molar-refractivity contribution < 1.29 is 26.4 Å². The van der Waals surface area contributed by atoms with Gasteiger partial charge in [-0.15, -0.1) is 0 Å². The van der Waals surface area contributed by atoms with E-state index in [1.54, 1.807) is 19.1 Å². The van der Waals surface area contributed by atoms with E-state index in [2.05, 4.69) is 4.98 Å². The molecule has 1 aromatic heterocycles. The molecule has 0 saturated carbocycles. The molecule has 11 heteroatoms. The number of nitrogens with zero attached hydrogens (tertiary/aromatic N) is 3. The van der Waals surface area contributed by atoms with E-state index < -0.39 is 31.7 Å². The van der Waals surface area contributed by atoms with Crippen molar-refractivity contribution in [3.63, 3.8) is 0 Å². The van der Waals surface area contributed by atoms with Gasteiger partial charge >= 0.3 is 6.18 Å². The first kappa shape index (κ1) is 23.5. The molecule has 0 atom stereocenters. The van der Waals surface area contributed by atoms with E-state index in [-0.39, 0.29) is 32.1 Å². The number of fused-ring (bicyclic) bond motifs is 1. The molecule has 0 unspecified atom stereocenters. The molecule has 0 spiro atoms. The summed E-state index contributed by atoms with van der Waals surface area (Å²) in [7, 11) is -4.19. The van der Waals surface area contributed by atoms with Crippen LogP contribution in [0.4, 0.5) is 13.2 Å². The second-order valence-corrected chi connectivity index (χ2v) is 10.0. The highest BCUT2D eigenvalue weighted by Crippen LogP contribution is 2.36. The monoisotopic (exact) mass is 497 g/mol. The molecule has 6 nitrogen and oxygen atoms in total. The Bertz CT molecular complexity index is 1340. The van der Waals surface area contributed by atoms with E-state index in [0.29, 0.717) is 28.2 Å². The lowest BCUT2D eigenvalue weighted by Crippen LogP contribution is -2.50. The molecule has 0 N–H and O–H groups in total. The molecule has 0 bridgehead atoms. The lowest BCUT2D eigenvalue weighted by atomic mass is 10.1. The van der Waals surface area contributed by atoms with Gasteiger partial charge in [0.1, 0.15) is 0 Å². The van der Waals surface area contributed by atoms with Crippen LogP contribution in [0.25, 0.3) is 10.9 Å². The molecule has 174 valence electrons. The molecule has 1 aliphatic rings. The van der Waals surface area contributed by atoms with Gasteiger partial charge < -0.3 is 4.90 Å². The molecule has 1 fully saturated rings. The fourth-order valence-electron chi connectivity index (χ4n) is 3.82. The zero-order valence-corrected chi connectivity index (χ0v) is 19.0. The first-order valence-corrected chi connectivity index (χ1v) is 11.8. The lowest BCUT2D eigenvalue weighted by molar-refractivity contribution is -0.137. The average molecular weight is 498 g/mol. The van der Waals surface area contributed by atoms with Crippen LogP contribution in [0.15, 0.2) is 53.4 Å². The highest BCUT2D eigenvalue weighted by Gasteiger charge is 2.36. The number of aryl methyl sites for hydroxylation is 1. The van der Waals surface area contributed by atoms with Crippen molar-refractivity contribution in [2.75, 3.05) is 26.2 Å². The Morgan fingerprint density at radius 1 is 1.03 bits per heavy atom. The molecule has 4 rings (SSSR count). The van der Waals surface area contributed by atoms with E-state index in [1.165, 1.54) is 4.90 Å². The number of hydrogen-bond acceptors (Lipinski definition) is 4. The molecule has 0 radical (unpaired) electrons. The van der Waals surface area contributed by atoms with Crippen molar-refractivity contribution in [3.05, 3.63) is 70.4 Å². The van der Waals surface area contributed by atoms with Crippen molar-refractivity contribution in [3.8, 4) is 0 Å². The number of alkyl halides is 3. The standard InChI is InChI=1S/C22H19ClF3N3O3S/c1-14-12-17(16-4-2-3-5-20(16)27-14)21(30)28-8-10-29(11-9-28)33(31,32)15-6-7-19(23)18(13-15)22(24,25)26/h2-7,12-13H,8-11H2,1H3. The summed E-state index contributed by atoms with van der Waals surface area (Å²) < 4.78 is 66.4. The summed E-state index contributed by atoms with van der Waals surface area (Å²) in [6, 6.07) is 11.5. The minimum absolute atomic E-state index is 0.0416. The van der Waals surface area contributed by atoms with Crippen molar-refractivity contribution in [2.24, 2.45) is 0 Å². The van der Waals surface area contributed by atoms with Crippen LogP contribution >= 0.6 is 11.6 Å². The third-order valence-corrected chi connectivity index (χ3v) is 7.71. The van der Waals surface area contributed by atoms with E-state index in [0.717, 1.165) is 16.4 Å². The van der Waals surface area contributed by atoms with Crippen molar-refractivity contribution in [1.82, 2.24) is 14.2 Å². The number of benzene rings is 2. The van der Waals surface area contributed by atoms with Gasteiger partial charge in [0.15, 0.2) is 0 Å². The number of carbonyl (C=O) groups is 1. The molecular weight excluding hydrogens is 479 g/mol. The number of rotatable bonds is 3. The third-order valence-electron chi connectivity index (χ3n) is 5.48. The summed E-state index contributed by atoms with van der Waals surface area (Å²) in [5.74, 6) is -0.250. The van der Waals surface area contributed by atoms with Crippen molar-refractivity contribution in [2.45, 2.75) is 18.0 Å². The second kappa shape index (κ2) is 8.58. The Morgan fingerprint density at radius 2 is 1.70 bits per heavy atom.